The minimum Gasteiger partial charge on any atom is -0.493 e. The zero-order valence-corrected chi connectivity index (χ0v) is 17.0. The van der Waals surface area contributed by atoms with E-state index in [0.717, 1.165) is 31.2 Å². The molecule has 1 heterocycles. The van der Waals surface area contributed by atoms with Crippen LogP contribution in [0.15, 0.2) is 18.2 Å². The minimum atomic E-state index is -0.437. The van der Waals surface area contributed by atoms with Gasteiger partial charge in [-0.25, -0.2) is 0 Å². The molecular weight excluding hydrogens is 364 g/mol. The first-order chi connectivity index (χ1) is 13.0. The largest absolute Gasteiger partial charge is 0.493 e. The van der Waals surface area contributed by atoms with E-state index in [1.807, 2.05) is 18.2 Å². The highest BCUT2D eigenvalue weighted by molar-refractivity contribution is 7.99. The highest BCUT2D eigenvalue weighted by atomic mass is 32.2. The molecule has 1 aromatic rings. The van der Waals surface area contributed by atoms with Gasteiger partial charge < -0.3 is 19.7 Å². The van der Waals surface area contributed by atoms with Crippen molar-refractivity contribution in [3.05, 3.63) is 23.8 Å². The Kier molecular flexibility index (Phi) is 6.52. The molecule has 1 aliphatic heterocycles. The lowest BCUT2D eigenvalue weighted by atomic mass is 9.95. The van der Waals surface area contributed by atoms with Crippen LogP contribution in [0.3, 0.4) is 0 Å². The van der Waals surface area contributed by atoms with Crippen LogP contribution in [-0.2, 0) is 9.59 Å². The van der Waals surface area contributed by atoms with Crippen LogP contribution in [0.2, 0.25) is 0 Å². The van der Waals surface area contributed by atoms with Gasteiger partial charge in [-0.15, -0.1) is 11.8 Å². The zero-order valence-electron chi connectivity index (χ0n) is 16.2. The fourth-order valence-corrected chi connectivity index (χ4v) is 5.37. The van der Waals surface area contributed by atoms with Gasteiger partial charge in [0.05, 0.1) is 14.2 Å². The Morgan fingerprint density at radius 1 is 1.11 bits per heavy atom. The molecule has 7 heteroatoms. The van der Waals surface area contributed by atoms with E-state index in [2.05, 4.69) is 5.32 Å². The summed E-state index contributed by atoms with van der Waals surface area (Å²) < 4.78 is 10.7. The van der Waals surface area contributed by atoms with Gasteiger partial charge in [0.15, 0.2) is 11.5 Å². The van der Waals surface area contributed by atoms with Gasteiger partial charge in [-0.2, -0.15) is 0 Å². The molecule has 3 rings (SSSR count). The Labute approximate surface area is 165 Å². The lowest BCUT2D eigenvalue weighted by Gasteiger charge is -2.30. The number of carbonyl (C=O) groups is 2. The molecule has 1 saturated heterocycles. The molecular formula is C20H28N2O4S. The van der Waals surface area contributed by atoms with E-state index in [9.17, 15) is 9.59 Å². The molecule has 1 aromatic carbocycles. The highest BCUT2D eigenvalue weighted by Gasteiger charge is 2.41. The van der Waals surface area contributed by atoms with Gasteiger partial charge in [-0.1, -0.05) is 25.3 Å². The van der Waals surface area contributed by atoms with Crippen molar-refractivity contribution in [3.8, 4) is 11.5 Å². The molecule has 1 aliphatic carbocycles. The van der Waals surface area contributed by atoms with Crippen molar-refractivity contribution < 1.29 is 19.1 Å². The van der Waals surface area contributed by atoms with Crippen LogP contribution < -0.4 is 14.8 Å². The quantitative estimate of drug-likeness (QED) is 0.834. The summed E-state index contributed by atoms with van der Waals surface area (Å²) in [6.45, 7) is 1.53. The summed E-state index contributed by atoms with van der Waals surface area (Å²) in [5.41, 5.74) is 0.931. The predicted molar refractivity (Wildman–Crippen MR) is 106 cm³/mol. The average molecular weight is 393 g/mol. The van der Waals surface area contributed by atoms with Gasteiger partial charge in [-0.3, -0.25) is 9.59 Å². The second-order valence-corrected chi connectivity index (χ2v) is 8.20. The van der Waals surface area contributed by atoms with Crippen LogP contribution in [0.25, 0.3) is 0 Å². The predicted octanol–water partition coefficient (Wildman–Crippen LogP) is 3.12. The number of hydrogen-bond donors (Lipinski definition) is 1. The molecule has 0 radical (unpaired) electrons. The highest BCUT2D eigenvalue weighted by Crippen LogP contribution is 2.43. The lowest BCUT2D eigenvalue weighted by molar-refractivity contribution is -0.138. The van der Waals surface area contributed by atoms with Crippen molar-refractivity contribution in [2.45, 2.75) is 56.5 Å². The molecule has 1 saturated carbocycles. The summed E-state index contributed by atoms with van der Waals surface area (Å²) in [6.07, 6.45) is 5.63. The van der Waals surface area contributed by atoms with Crippen LogP contribution in [0.1, 0.15) is 50.0 Å². The Morgan fingerprint density at radius 3 is 2.44 bits per heavy atom. The number of nitrogens with one attached hydrogen (secondary N) is 1. The molecule has 2 amide bonds. The van der Waals surface area contributed by atoms with E-state index >= 15 is 0 Å². The maximum absolute atomic E-state index is 12.9. The van der Waals surface area contributed by atoms with Crippen LogP contribution in [0.4, 0.5) is 0 Å². The van der Waals surface area contributed by atoms with Gasteiger partial charge in [0.25, 0.3) is 0 Å². The molecule has 2 fully saturated rings. The summed E-state index contributed by atoms with van der Waals surface area (Å²) in [5, 5.41) is 2.96. The maximum atomic E-state index is 12.9. The number of methoxy groups -OCH3 is 2. The van der Waals surface area contributed by atoms with E-state index in [1.54, 1.807) is 30.9 Å². The fraction of sp³-hybridized carbons (Fsp3) is 0.600. The monoisotopic (exact) mass is 392 g/mol. The smallest absolute Gasteiger partial charge is 0.243 e. The van der Waals surface area contributed by atoms with Crippen molar-refractivity contribution in [2.24, 2.45) is 0 Å². The first-order valence-corrected chi connectivity index (χ1v) is 10.5. The molecule has 2 aliphatic rings. The van der Waals surface area contributed by atoms with Crippen molar-refractivity contribution in [2.75, 3.05) is 20.0 Å². The van der Waals surface area contributed by atoms with Crippen LogP contribution >= 0.6 is 11.8 Å². The van der Waals surface area contributed by atoms with Gasteiger partial charge in [0.1, 0.15) is 11.4 Å². The summed E-state index contributed by atoms with van der Waals surface area (Å²) in [6, 6.07) is 5.45. The number of rotatable bonds is 5. The lowest BCUT2D eigenvalue weighted by Crippen LogP contribution is -2.50. The number of benzene rings is 1. The fourth-order valence-electron chi connectivity index (χ4n) is 3.90. The number of carbonyl (C=O) groups excluding carboxylic acids is 2. The second-order valence-electron chi connectivity index (χ2n) is 7.09. The third-order valence-corrected chi connectivity index (χ3v) is 6.63. The van der Waals surface area contributed by atoms with Crippen molar-refractivity contribution >= 4 is 23.6 Å². The molecule has 0 spiro atoms. The molecule has 1 N–H and O–H groups in total. The molecule has 0 unspecified atom stereocenters. The number of nitrogens with zero attached hydrogens (tertiary/aromatic N) is 1. The molecule has 148 valence electrons. The Morgan fingerprint density at radius 2 is 1.81 bits per heavy atom. The Bertz CT molecular complexity index is 691. The Hall–Kier alpha value is -1.89. The topological polar surface area (TPSA) is 67.9 Å². The van der Waals surface area contributed by atoms with Gasteiger partial charge in [0, 0.05) is 18.7 Å². The minimum absolute atomic E-state index is 0.0347. The molecule has 0 bridgehead atoms. The summed E-state index contributed by atoms with van der Waals surface area (Å²) in [5.74, 6) is 1.73. The standard InChI is InChI=1S/C20H28N2O4S/c1-13(23)22-16(19(24)21-15-7-5-4-6-8-15)12-27-20(22)14-9-10-17(25-2)18(11-14)26-3/h9-11,15-16,20H,4-8,12H2,1-3H3,(H,21,24)/t16-,20+/m0/s1. The van der Waals surface area contributed by atoms with Gasteiger partial charge in [-0.05, 0) is 30.5 Å². The van der Waals surface area contributed by atoms with E-state index in [1.165, 1.54) is 13.3 Å². The van der Waals surface area contributed by atoms with E-state index in [-0.39, 0.29) is 23.2 Å². The number of amides is 2. The van der Waals surface area contributed by atoms with E-state index in [4.69, 9.17) is 9.47 Å². The maximum Gasteiger partial charge on any atom is 0.243 e. The normalized spacial score (nSPS) is 23.1. The van der Waals surface area contributed by atoms with Gasteiger partial charge in [0.2, 0.25) is 11.8 Å². The second kappa shape index (κ2) is 8.87. The SMILES string of the molecule is COc1ccc([C@H]2SC[C@@H](C(=O)NC3CCCCC3)N2C(C)=O)cc1OC. The van der Waals surface area contributed by atoms with E-state index in [0.29, 0.717) is 17.3 Å². The van der Waals surface area contributed by atoms with Crippen molar-refractivity contribution in [1.29, 1.82) is 0 Å². The average Bonchev–Trinajstić information content (AvgIpc) is 3.13. The summed E-state index contributed by atoms with van der Waals surface area (Å²) in [7, 11) is 3.18. The summed E-state index contributed by atoms with van der Waals surface area (Å²) in [4.78, 5) is 27.0. The van der Waals surface area contributed by atoms with Crippen molar-refractivity contribution in [3.63, 3.8) is 0 Å². The third-order valence-electron chi connectivity index (χ3n) is 5.31. The third kappa shape index (κ3) is 4.34. The number of thioether (sulfide) groups is 1. The first-order valence-electron chi connectivity index (χ1n) is 9.48. The Balaban J connectivity index is 1.77. The molecule has 0 aromatic heterocycles. The summed E-state index contributed by atoms with van der Waals surface area (Å²) >= 11 is 1.61. The number of hydrogen-bond acceptors (Lipinski definition) is 5. The molecule has 2 atom stereocenters. The van der Waals surface area contributed by atoms with Crippen LogP contribution in [0, 0.1) is 0 Å². The van der Waals surface area contributed by atoms with Crippen LogP contribution in [0.5, 0.6) is 11.5 Å². The van der Waals surface area contributed by atoms with Crippen molar-refractivity contribution in [1.82, 2.24) is 10.2 Å². The molecule has 27 heavy (non-hydrogen) atoms. The van der Waals surface area contributed by atoms with E-state index < -0.39 is 6.04 Å². The molecule has 6 nitrogen and oxygen atoms in total. The number of ether oxygens (including phenoxy) is 2. The van der Waals surface area contributed by atoms with Crippen LogP contribution in [-0.4, -0.2) is 48.8 Å². The van der Waals surface area contributed by atoms with Gasteiger partial charge >= 0.3 is 0 Å². The zero-order chi connectivity index (χ0) is 19.4. The first kappa shape index (κ1) is 19.9.